The first kappa shape index (κ1) is 17.5. The molecule has 25 heavy (non-hydrogen) atoms. The molecule has 0 aliphatic carbocycles. The molecule has 2 aromatic heterocycles. The number of aryl methyl sites for hydroxylation is 1. The Morgan fingerprint density at radius 1 is 1.20 bits per heavy atom. The molecule has 0 spiro atoms. The van der Waals surface area contributed by atoms with Gasteiger partial charge in [0.05, 0.1) is 21.6 Å². The smallest absolute Gasteiger partial charge is 0.399 e. The van der Waals surface area contributed by atoms with E-state index in [4.69, 9.17) is 5.73 Å². The van der Waals surface area contributed by atoms with Crippen LogP contribution in [0.25, 0.3) is 11.0 Å². The SMILES string of the molecule is CC(Nc1ncnc2c1cc(Br)n2C)c1cc(N)cc(C(F)(F)F)c1. The zero-order valence-electron chi connectivity index (χ0n) is 13.4. The number of anilines is 2. The van der Waals surface area contributed by atoms with Crippen LogP contribution in [0.2, 0.25) is 0 Å². The molecule has 1 atom stereocenters. The fraction of sp³-hybridized carbons (Fsp3) is 0.250. The molecule has 5 nitrogen and oxygen atoms in total. The number of hydrogen-bond donors (Lipinski definition) is 2. The number of halogens is 4. The molecule has 0 saturated carbocycles. The second-order valence-electron chi connectivity index (χ2n) is 5.74. The summed E-state index contributed by atoms with van der Waals surface area (Å²) in [6, 6.07) is 4.96. The van der Waals surface area contributed by atoms with Crippen molar-refractivity contribution in [1.82, 2.24) is 14.5 Å². The van der Waals surface area contributed by atoms with E-state index < -0.39 is 17.8 Å². The number of fused-ring (bicyclic) bond motifs is 1. The number of nitrogens with zero attached hydrogens (tertiary/aromatic N) is 3. The molecule has 0 bridgehead atoms. The summed E-state index contributed by atoms with van der Waals surface area (Å²) in [4.78, 5) is 8.43. The maximum Gasteiger partial charge on any atom is 0.416 e. The predicted molar refractivity (Wildman–Crippen MR) is 94.1 cm³/mol. The molecular weight excluding hydrogens is 399 g/mol. The van der Waals surface area contributed by atoms with Gasteiger partial charge in [-0.2, -0.15) is 13.2 Å². The molecule has 1 unspecified atom stereocenters. The Labute approximate surface area is 150 Å². The van der Waals surface area contributed by atoms with E-state index in [1.165, 1.54) is 12.4 Å². The first-order chi connectivity index (χ1) is 11.7. The van der Waals surface area contributed by atoms with E-state index in [-0.39, 0.29) is 5.69 Å². The van der Waals surface area contributed by atoms with E-state index >= 15 is 0 Å². The van der Waals surface area contributed by atoms with Crippen molar-refractivity contribution in [2.24, 2.45) is 7.05 Å². The van der Waals surface area contributed by atoms with Crippen molar-refractivity contribution in [3.63, 3.8) is 0 Å². The van der Waals surface area contributed by atoms with Crippen LogP contribution < -0.4 is 11.1 Å². The highest BCUT2D eigenvalue weighted by Crippen LogP contribution is 2.34. The molecule has 0 amide bonds. The topological polar surface area (TPSA) is 68.8 Å². The van der Waals surface area contributed by atoms with Gasteiger partial charge in [-0.1, -0.05) is 0 Å². The number of nitrogen functional groups attached to an aromatic ring is 1. The molecule has 3 rings (SSSR count). The number of rotatable bonds is 3. The lowest BCUT2D eigenvalue weighted by atomic mass is 10.0. The summed E-state index contributed by atoms with van der Waals surface area (Å²) in [6.45, 7) is 1.75. The quantitative estimate of drug-likeness (QED) is 0.620. The van der Waals surface area contributed by atoms with Crippen LogP contribution in [0.1, 0.15) is 24.1 Å². The fourth-order valence-corrected chi connectivity index (χ4v) is 2.99. The largest absolute Gasteiger partial charge is 0.416 e. The maximum absolute atomic E-state index is 13.0. The molecule has 9 heteroatoms. The van der Waals surface area contributed by atoms with E-state index in [2.05, 4.69) is 31.2 Å². The second-order valence-corrected chi connectivity index (χ2v) is 6.55. The van der Waals surface area contributed by atoms with Crippen LogP contribution in [0.4, 0.5) is 24.7 Å². The van der Waals surface area contributed by atoms with Crippen LogP contribution in [0, 0.1) is 0 Å². The number of aromatic nitrogens is 3. The van der Waals surface area contributed by atoms with Gasteiger partial charge >= 0.3 is 6.18 Å². The lowest BCUT2D eigenvalue weighted by Gasteiger charge is -2.18. The molecule has 0 fully saturated rings. The molecule has 1 aromatic carbocycles. The van der Waals surface area contributed by atoms with Crippen LogP contribution in [-0.4, -0.2) is 14.5 Å². The van der Waals surface area contributed by atoms with Gasteiger partial charge in [0.25, 0.3) is 0 Å². The van der Waals surface area contributed by atoms with Crippen molar-refractivity contribution >= 4 is 38.5 Å². The summed E-state index contributed by atoms with van der Waals surface area (Å²) >= 11 is 3.42. The van der Waals surface area contributed by atoms with Gasteiger partial charge in [0.15, 0.2) is 0 Å². The average Bonchev–Trinajstić information content (AvgIpc) is 2.82. The summed E-state index contributed by atoms with van der Waals surface area (Å²) < 4.78 is 41.6. The Kier molecular flexibility index (Phi) is 4.36. The zero-order valence-corrected chi connectivity index (χ0v) is 15.0. The molecule has 0 aliphatic rings. The van der Waals surface area contributed by atoms with Gasteiger partial charge in [0.1, 0.15) is 17.8 Å². The normalized spacial score (nSPS) is 13.2. The minimum absolute atomic E-state index is 0.0637. The van der Waals surface area contributed by atoms with Crippen molar-refractivity contribution in [3.05, 3.63) is 46.3 Å². The van der Waals surface area contributed by atoms with Gasteiger partial charge in [-0.25, -0.2) is 9.97 Å². The molecule has 0 radical (unpaired) electrons. The standard InChI is InChI=1S/C16H15BrF3N5/c1-8(9-3-10(16(18,19)20)5-11(21)4-9)24-14-12-6-13(17)25(2)15(12)23-7-22-14/h3-8H,21H2,1-2H3,(H,22,23,24). The molecule has 2 heterocycles. The summed E-state index contributed by atoms with van der Waals surface area (Å²) in [5, 5.41) is 3.91. The van der Waals surface area contributed by atoms with Crippen molar-refractivity contribution in [1.29, 1.82) is 0 Å². The maximum atomic E-state index is 13.0. The Morgan fingerprint density at radius 2 is 1.92 bits per heavy atom. The summed E-state index contributed by atoms with van der Waals surface area (Å²) in [5.41, 5.74) is 6.06. The monoisotopic (exact) mass is 413 g/mol. The zero-order chi connectivity index (χ0) is 18.4. The van der Waals surface area contributed by atoms with Gasteiger partial charge in [0.2, 0.25) is 0 Å². The number of alkyl halides is 3. The Hall–Kier alpha value is -2.29. The van der Waals surface area contributed by atoms with Gasteiger partial charge in [-0.15, -0.1) is 0 Å². The Balaban J connectivity index is 1.97. The Morgan fingerprint density at radius 3 is 2.60 bits per heavy atom. The van der Waals surface area contributed by atoms with Crippen LogP contribution in [-0.2, 0) is 13.2 Å². The van der Waals surface area contributed by atoms with Crippen LogP contribution >= 0.6 is 15.9 Å². The van der Waals surface area contributed by atoms with E-state index in [1.807, 2.05) is 17.7 Å². The van der Waals surface area contributed by atoms with Crippen LogP contribution in [0.15, 0.2) is 35.2 Å². The summed E-state index contributed by atoms with van der Waals surface area (Å²) in [5.74, 6) is 0.537. The first-order valence-electron chi connectivity index (χ1n) is 7.37. The predicted octanol–water partition coefficient (Wildman–Crippen LogP) is 4.50. The number of hydrogen-bond acceptors (Lipinski definition) is 4. The highest BCUT2D eigenvalue weighted by Gasteiger charge is 2.31. The number of nitrogens with one attached hydrogen (secondary N) is 1. The van der Waals surface area contributed by atoms with Crippen LogP contribution in [0.3, 0.4) is 0 Å². The Bertz CT molecular complexity index is 935. The molecule has 0 saturated heterocycles. The summed E-state index contributed by atoms with van der Waals surface area (Å²) in [7, 11) is 1.85. The third-order valence-electron chi connectivity index (χ3n) is 3.92. The number of nitrogens with two attached hydrogens (primary N) is 1. The fourth-order valence-electron chi connectivity index (χ4n) is 2.60. The first-order valence-corrected chi connectivity index (χ1v) is 8.16. The highest BCUT2D eigenvalue weighted by molar-refractivity contribution is 9.10. The summed E-state index contributed by atoms with van der Waals surface area (Å²) in [6.07, 6.45) is -3.04. The average molecular weight is 414 g/mol. The lowest BCUT2D eigenvalue weighted by Crippen LogP contribution is -2.12. The van der Waals surface area contributed by atoms with Crippen LogP contribution in [0.5, 0.6) is 0 Å². The second kappa shape index (κ2) is 6.21. The van der Waals surface area contributed by atoms with Gasteiger partial charge in [-0.05, 0) is 52.7 Å². The van der Waals surface area contributed by atoms with E-state index in [9.17, 15) is 13.2 Å². The van der Waals surface area contributed by atoms with E-state index in [1.54, 1.807) is 6.92 Å². The number of benzene rings is 1. The molecule has 3 N–H and O–H groups in total. The van der Waals surface area contributed by atoms with Crippen molar-refractivity contribution in [2.75, 3.05) is 11.1 Å². The van der Waals surface area contributed by atoms with E-state index in [0.29, 0.717) is 17.0 Å². The minimum Gasteiger partial charge on any atom is -0.399 e. The van der Waals surface area contributed by atoms with Gasteiger partial charge in [-0.3, -0.25) is 0 Å². The lowest BCUT2D eigenvalue weighted by molar-refractivity contribution is -0.137. The molecular formula is C16H15BrF3N5. The van der Waals surface area contributed by atoms with E-state index in [0.717, 1.165) is 22.1 Å². The van der Waals surface area contributed by atoms with Crippen molar-refractivity contribution in [2.45, 2.75) is 19.1 Å². The highest BCUT2D eigenvalue weighted by atomic mass is 79.9. The van der Waals surface area contributed by atoms with Crippen molar-refractivity contribution < 1.29 is 13.2 Å². The molecule has 3 aromatic rings. The van der Waals surface area contributed by atoms with Gasteiger partial charge < -0.3 is 15.6 Å². The van der Waals surface area contributed by atoms with Gasteiger partial charge in [0, 0.05) is 12.7 Å². The van der Waals surface area contributed by atoms with Crippen molar-refractivity contribution in [3.8, 4) is 0 Å². The minimum atomic E-state index is -4.45. The third kappa shape index (κ3) is 3.41. The third-order valence-corrected chi connectivity index (χ3v) is 4.68. The molecule has 0 aliphatic heterocycles. The molecule has 132 valence electrons.